The van der Waals surface area contributed by atoms with Crippen LogP contribution in [0.4, 0.5) is 20.2 Å². The molecule has 2 aromatic carbocycles. The Morgan fingerprint density at radius 3 is 2.33 bits per heavy atom. The Morgan fingerprint density at radius 1 is 1.17 bits per heavy atom. The number of rotatable bonds is 6. The fourth-order valence-electron chi connectivity index (χ4n) is 2.17. The molecule has 0 heterocycles. The van der Waals surface area contributed by atoms with E-state index >= 15 is 0 Å². The van der Waals surface area contributed by atoms with Crippen molar-refractivity contribution in [3.05, 3.63) is 63.7 Å². The normalized spacial score (nSPS) is 11.3. The highest BCUT2D eigenvalue weighted by atomic mass is 32.2. The highest BCUT2D eigenvalue weighted by molar-refractivity contribution is 7.90. The number of nitro benzene ring substituents is 1. The molecule has 0 aliphatic heterocycles. The van der Waals surface area contributed by atoms with Crippen LogP contribution in [0.15, 0.2) is 41.3 Å². The van der Waals surface area contributed by atoms with Gasteiger partial charge in [0.25, 0.3) is 5.69 Å². The minimum atomic E-state index is -3.79. The van der Waals surface area contributed by atoms with Crippen molar-refractivity contribution in [1.82, 2.24) is 0 Å². The third kappa shape index (κ3) is 4.05. The SMILES string of the molecule is CS(=O)(=O)c1cc(NCCc2c(F)cccc2F)ccc1[N+](=O)[O-]. The lowest BCUT2D eigenvalue weighted by Gasteiger charge is -2.09. The number of hydrogen-bond donors (Lipinski definition) is 1. The van der Waals surface area contributed by atoms with Crippen LogP contribution in [0.25, 0.3) is 0 Å². The summed E-state index contributed by atoms with van der Waals surface area (Å²) in [6.45, 7) is 0.124. The zero-order valence-electron chi connectivity index (χ0n) is 12.6. The minimum absolute atomic E-state index is 0.0315. The van der Waals surface area contributed by atoms with Gasteiger partial charge in [0.05, 0.1) is 4.92 Å². The third-order valence-electron chi connectivity index (χ3n) is 3.32. The maximum atomic E-state index is 13.5. The van der Waals surface area contributed by atoms with Crippen molar-refractivity contribution in [2.75, 3.05) is 18.1 Å². The summed E-state index contributed by atoms with van der Waals surface area (Å²) in [5.74, 6) is -1.34. The Bertz CT molecular complexity index is 865. The number of nitro groups is 1. The average Bonchev–Trinajstić information content (AvgIpc) is 2.49. The summed E-state index contributed by atoms with van der Waals surface area (Å²) in [7, 11) is -3.79. The van der Waals surface area contributed by atoms with Crippen LogP contribution in [0, 0.1) is 21.7 Å². The van der Waals surface area contributed by atoms with Gasteiger partial charge in [-0.05, 0) is 30.7 Å². The van der Waals surface area contributed by atoms with E-state index in [0.717, 1.165) is 30.5 Å². The van der Waals surface area contributed by atoms with Crippen molar-refractivity contribution in [3.8, 4) is 0 Å². The number of nitrogens with zero attached hydrogens (tertiary/aromatic N) is 1. The van der Waals surface area contributed by atoms with Crippen molar-refractivity contribution in [2.24, 2.45) is 0 Å². The summed E-state index contributed by atoms with van der Waals surface area (Å²) >= 11 is 0. The molecule has 0 aromatic heterocycles. The topological polar surface area (TPSA) is 89.3 Å². The highest BCUT2D eigenvalue weighted by Crippen LogP contribution is 2.27. The fraction of sp³-hybridized carbons (Fsp3) is 0.200. The largest absolute Gasteiger partial charge is 0.385 e. The molecule has 0 aliphatic rings. The van der Waals surface area contributed by atoms with E-state index in [4.69, 9.17) is 0 Å². The molecular formula is C15H14F2N2O4S. The number of hydrogen-bond acceptors (Lipinski definition) is 5. The molecule has 9 heteroatoms. The Morgan fingerprint density at radius 2 is 1.79 bits per heavy atom. The summed E-state index contributed by atoms with van der Waals surface area (Å²) in [6, 6.07) is 7.09. The maximum Gasteiger partial charge on any atom is 0.288 e. The molecule has 0 radical (unpaired) electrons. The second kappa shape index (κ2) is 6.91. The molecular weight excluding hydrogens is 342 g/mol. The van der Waals surface area contributed by atoms with Gasteiger partial charge in [0, 0.05) is 30.1 Å². The molecule has 2 rings (SSSR count). The first kappa shape index (κ1) is 17.8. The molecule has 6 nitrogen and oxygen atoms in total. The number of sulfone groups is 1. The lowest BCUT2D eigenvalue weighted by Crippen LogP contribution is -2.09. The second-order valence-electron chi connectivity index (χ2n) is 5.09. The van der Waals surface area contributed by atoms with Crippen LogP contribution in [-0.4, -0.2) is 26.1 Å². The first-order chi connectivity index (χ1) is 11.2. The van der Waals surface area contributed by atoms with Crippen LogP contribution in [0.1, 0.15) is 5.56 Å². The molecule has 0 saturated carbocycles. The van der Waals surface area contributed by atoms with E-state index in [1.165, 1.54) is 12.1 Å². The smallest absolute Gasteiger partial charge is 0.288 e. The van der Waals surface area contributed by atoms with E-state index in [1.54, 1.807) is 0 Å². The predicted molar refractivity (Wildman–Crippen MR) is 84.8 cm³/mol. The van der Waals surface area contributed by atoms with E-state index in [1.807, 2.05) is 0 Å². The van der Waals surface area contributed by atoms with Crippen molar-refractivity contribution < 1.29 is 22.1 Å². The Kier molecular flexibility index (Phi) is 5.13. The number of halogens is 2. The zero-order valence-corrected chi connectivity index (χ0v) is 13.4. The van der Waals surface area contributed by atoms with E-state index in [9.17, 15) is 27.3 Å². The van der Waals surface area contributed by atoms with Gasteiger partial charge in [-0.3, -0.25) is 10.1 Å². The van der Waals surface area contributed by atoms with Gasteiger partial charge in [-0.25, -0.2) is 17.2 Å². The quantitative estimate of drug-likeness (QED) is 0.635. The Hall–Kier alpha value is -2.55. The standard InChI is InChI=1S/C15H14F2N2O4S/c1-24(22,23)15-9-10(5-6-14(15)19(20)21)18-8-7-11-12(16)3-2-4-13(11)17/h2-6,9,18H,7-8H2,1H3. The predicted octanol–water partition coefficient (Wildman–Crippen LogP) is 2.93. The van der Waals surface area contributed by atoms with Gasteiger partial charge < -0.3 is 5.32 Å². The third-order valence-corrected chi connectivity index (χ3v) is 4.45. The van der Waals surface area contributed by atoms with Gasteiger partial charge in [0.1, 0.15) is 16.5 Å². The maximum absolute atomic E-state index is 13.5. The molecule has 0 bridgehead atoms. The van der Waals surface area contributed by atoms with Crippen molar-refractivity contribution in [3.63, 3.8) is 0 Å². The summed E-state index contributed by atoms with van der Waals surface area (Å²) in [6.07, 6.45) is 0.900. The molecule has 0 atom stereocenters. The lowest BCUT2D eigenvalue weighted by atomic mass is 10.1. The Balaban J connectivity index is 2.18. The molecule has 0 amide bonds. The first-order valence-electron chi connectivity index (χ1n) is 6.85. The summed E-state index contributed by atoms with van der Waals surface area (Å²) < 4.78 is 50.4. The summed E-state index contributed by atoms with van der Waals surface area (Å²) in [5, 5.41) is 13.7. The van der Waals surface area contributed by atoms with Crippen molar-refractivity contribution in [1.29, 1.82) is 0 Å². The molecule has 0 spiro atoms. The van der Waals surface area contributed by atoms with E-state index in [-0.39, 0.29) is 18.5 Å². The van der Waals surface area contributed by atoms with Crippen LogP contribution in [0.3, 0.4) is 0 Å². The average molecular weight is 356 g/mol. The summed E-state index contributed by atoms with van der Waals surface area (Å²) in [5.41, 5.74) is -0.309. The van der Waals surface area contributed by atoms with Crippen molar-refractivity contribution >= 4 is 21.2 Å². The first-order valence-corrected chi connectivity index (χ1v) is 8.74. The lowest BCUT2D eigenvalue weighted by molar-refractivity contribution is -0.387. The zero-order chi connectivity index (χ0) is 17.9. The monoisotopic (exact) mass is 356 g/mol. The van der Waals surface area contributed by atoms with Gasteiger partial charge >= 0.3 is 0 Å². The molecule has 2 aromatic rings. The van der Waals surface area contributed by atoms with Crippen LogP contribution < -0.4 is 5.32 Å². The Labute approximate surface area is 137 Å². The number of nitrogens with one attached hydrogen (secondary N) is 1. The van der Waals surface area contributed by atoms with Crippen LogP contribution >= 0.6 is 0 Å². The molecule has 128 valence electrons. The minimum Gasteiger partial charge on any atom is -0.385 e. The molecule has 24 heavy (non-hydrogen) atoms. The number of benzene rings is 2. The molecule has 0 saturated heterocycles. The summed E-state index contributed by atoms with van der Waals surface area (Å²) in [4.78, 5) is 9.69. The van der Waals surface area contributed by atoms with Gasteiger partial charge in [-0.1, -0.05) is 6.07 Å². The molecule has 1 N–H and O–H groups in total. The molecule has 0 unspecified atom stereocenters. The van der Waals surface area contributed by atoms with Crippen LogP contribution in [-0.2, 0) is 16.3 Å². The van der Waals surface area contributed by atoms with Crippen LogP contribution in [0.5, 0.6) is 0 Å². The molecule has 0 fully saturated rings. The van der Waals surface area contributed by atoms with Crippen molar-refractivity contribution in [2.45, 2.75) is 11.3 Å². The second-order valence-corrected chi connectivity index (χ2v) is 7.07. The van der Waals surface area contributed by atoms with E-state index in [2.05, 4.69) is 5.32 Å². The molecule has 0 aliphatic carbocycles. The van der Waals surface area contributed by atoms with E-state index in [0.29, 0.717) is 5.69 Å². The van der Waals surface area contributed by atoms with E-state index < -0.39 is 37.0 Å². The van der Waals surface area contributed by atoms with Crippen LogP contribution in [0.2, 0.25) is 0 Å². The van der Waals surface area contributed by atoms with Gasteiger partial charge in [0.2, 0.25) is 0 Å². The number of anilines is 1. The highest BCUT2D eigenvalue weighted by Gasteiger charge is 2.22. The van der Waals surface area contributed by atoms with Gasteiger partial charge in [-0.15, -0.1) is 0 Å². The van der Waals surface area contributed by atoms with Gasteiger partial charge in [-0.2, -0.15) is 0 Å². The fourth-order valence-corrected chi connectivity index (χ4v) is 3.04. The van der Waals surface area contributed by atoms with Gasteiger partial charge in [0.15, 0.2) is 9.84 Å².